The van der Waals surface area contributed by atoms with Gasteiger partial charge in [-0.3, -0.25) is 9.59 Å². The summed E-state index contributed by atoms with van der Waals surface area (Å²) in [5.41, 5.74) is 0.924. The molecule has 1 saturated heterocycles. The van der Waals surface area contributed by atoms with Crippen molar-refractivity contribution in [2.75, 3.05) is 44.7 Å². The first-order valence-electron chi connectivity index (χ1n) is 9.18. The molecule has 0 saturated carbocycles. The number of nitrogens with one attached hydrogen (secondary N) is 3. The van der Waals surface area contributed by atoms with Crippen molar-refractivity contribution < 1.29 is 19.4 Å². The number of rotatable bonds is 6. The molecule has 2 rings (SSSR count). The van der Waals surface area contributed by atoms with Gasteiger partial charge in [0, 0.05) is 18.8 Å². The van der Waals surface area contributed by atoms with Gasteiger partial charge in [0.2, 0.25) is 0 Å². The van der Waals surface area contributed by atoms with Crippen molar-refractivity contribution in [3.05, 3.63) is 30.3 Å². The largest absolute Gasteiger partial charge is 0.349 e. The third kappa shape index (κ3) is 5.54. The number of amides is 2. The van der Waals surface area contributed by atoms with Crippen LogP contribution in [0.1, 0.15) is 20.8 Å². The lowest BCUT2D eigenvalue weighted by atomic mass is 10.2. The smallest absolute Gasteiger partial charge is 0.284 e. The minimum Gasteiger partial charge on any atom is -0.349 e. The van der Waals surface area contributed by atoms with E-state index in [1.165, 1.54) is 9.80 Å². The molecule has 1 fully saturated rings. The molecule has 0 radical (unpaired) electrons. The fourth-order valence-electron chi connectivity index (χ4n) is 3.38. The number of benzene rings is 1. The Labute approximate surface area is 150 Å². The van der Waals surface area contributed by atoms with Gasteiger partial charge in [0.05, 0.1) is 0 Å². The van der Waals surface area contributed by atoms with Crippen LogP contribution in [0.25, 0.3) is 0 Å². The lowest BCUT2D eigenvalue weighted by Crippen LogP contribution is -3.30. The SMILES string of the molecule is CC(C)NC(=O)C[NH+]1CC[NH+]([C@H](C)C(=O)N(C)c2ccccc2)CC1. The van der Waals surface area contributed by atoms with Gasteiger partial charge in [0.25, 0.3) is 11.8 Å². The number of anilines is 1. The van der Waals surface area contributed by atoms with Gasteiger partial charge in [0.1, 0.15) is 26.2 Å². The Morgan fingerprint density at radius 3 is 2.24 bits per heavy atom. The van der Waals surface area contributed by atoms with E-state index in [1.54, 1.807) is 4.90 Å². The molecule has 1 heterocycles. The molecule has 1 aromatic carbocycles. The Hall–Kier alpha value is -1.92. The second-order valence-corrected chi connectivity index (χ2v) is 7.26. The minimum atomic E-state index is -0.0729. The zero-order valence-electron chi connectivity index (χ0n) is 15.8. The number of likely N-dealkylation sites (N-methyl/N-ethyl adjacent to an activating group) is 1. The van der Waals surface area contributed by atoms with Crippen molar-refractivity contribution in [1.82, 2.24) is 5.32 Å². The standard InChI is InChI=1S/C19H30N4O2/c1-15(2)20-18(24)14-22-10-12-23(13-11-22)16(3)19(25)21(4)17-8-6-5-7-9-17/h5-9,15-16H,10-14H2,1-4H3,(H,20,24)/p+2/t16-/m1/s1. The highest BCUT2D eigenvalue weighted by atomic mass is 16.2. The molecule has 1 aromatic rings. The quantitative estimate of drug-likeness (QED) is 0.577. The summed E-state index contributed by atoms with van der Waals surface area (Å²) in [6, 6.07) is 9.86. The topological polar surface area (TPSA) is 58.3 Å². The van der Waals surface area contributed by atoms with E-state index in [0.29, 0.717) is 6.54 Å². The maximum atomic E-state index is 12.8. The average Bonchev–Trinajstić information content (AvgIpc) is 2.60. The average molecular weight is 348 g/mol. The molecule has 0 aromatic heterocycles. The number of hydrogen-bond donors (Lipinski definition) is 3. The predicted molar refractivity (Wildman–Crippen MR) is 98.9 cm³/mol. The highest BCUT2D eigenvalue weighted by Gasteiger charge is 2.33. The molecule has 6 nitrogen and oxygen atoms in total. The first-order chi connectivity index (χ1) is 11.9. The van der Waals surface area contributed by atoms with Gasteiger partial charge in [-0.05, 0) is 32.9 Å². The van der Waals surface area contributed by atoms with Crippen LogP contribution in [-0.2, 0) is 9.59 Å². The molecular formula is C19H32N4O2+2. The van der Waals surface area contributed by atoms with E-state index in [9.17, 15) is 9.59 Å². The van der Waals surface area contributed by atoms with Crippen LogP contribution in [0.2, 0.25) is 0 Å². The Kier molecular flexibility index (Phi) is 6.96. The van der Waals surface area contributed by atoms with Gasteiger partial charge in [-0.15, -0.1) is 0 Å². The van der Waals surface area contributed by atoms with Crippen LogP contribution in [0.5, 0.6) is 0 Å². The summed E-state index contributed by atoms with van der Waals surface area (Å²) in [6.07, 6.45) is 0. The van der Waals surface area contributed by atoms with E-state index >= 15 is 0 Å². The van der Waals surface area contributed by atoms with Gasteiger partial charge in [0.15, 0.2) is 12.6 Å². The van der Waals surface area contributed by atoms with Gasteiger partial charge < -0.3 is 20.0 Å². The van der Waals surface area contributed by atoms with Gasteiger partial charge >= 0.3 is 0 Å². The summed E-state index contributed by atoms with van der Waals surface area (Å²) in [7, 11) is 1.84. The van der Waals surface area contributed by atoms with Crippen molar-refractivity contribution in [3.63, 3.8) is 0 Å². The second kappa shape index (κ2) is 8.97. The van der Waals surface area contributed by atoms with Crippen LogP contribution in [0.3, 0.4) is 0 Å². The van der Waals surface area contributed by atoms with E-state index in [2.05, 4.69) is 5.32 Å². The van der Waals surface area contributed by atoms with Gasteiger partial charge in [-0.1, -0.05) is 18.2 Å². The fourth-order valence-corrected chi connectivity index (χ4v) is 3.38. The first kappa shape index (κ1) is 19.4. The maximum absolute atomic E-state index is 12.8. The first-order valence-corrected chi connectivity index (χ1v) is 9.18. The third-order valence-electron chi connectivity index (χ3n) is 4.92. The number of carbonyl (C=O) groups is 2. The van der Waals surface area contributed by atoms with Crippen LogP contribution in [0.15, 0.2) is 30.3 Å². The number of piperazine rings is 1. The Morgan fingerprint density at radius 2 is 1.68 bits per heavy atom. The number of para-hydroxylation sites is 1. The lowest BCUT2D eigenvalue weighted by Gasteiger charge is -2.33. The monoisotopic (exact) mass is 348 g/mol. The summed E-state index contributed by atoms with van der Waals surface area (Å²) in [5.74, 6) is 0.253. The second-order valence-electron chi connectivity index (χ2n) is 7.26. The number of nitrogens with zero attached hydrogens (tertiary/aromatic N) is 1. The van der Waals surface area contributed by atoms with Crippen molar-refractivity contribution in [3.8, 4) is 0 Å². The molecule has 6 heteroatoms. The summed E-state index contributed by atoms with van der Waals surface area (Å²) < 4.78 is 0. The highest BCUT2D eigenvalue weighted by molar-refractivity contribution is 5.95. The number of quaternary nitrogens is 2. The molecule has 3 N–H and O–H groups in total. The zero-order chi connectivity index (χ0) is 18.4. The van der Waals surface area contributed by atoms with E-state index in [-0.39, 0.29) is 23.9 Å². The molecule has 0 aliphatic carbocycles. The van der Waals surface area contributed by atoms with Gasteiger partial charge in [-0.2, -0.15) is 0 Å². The van der Waals surface area contributed by atoms with Crippen molar-refractivity contribution in [2.24, 2.45) is 0 Å². The molecule has 1 atom stereocenters. The van der Waals surface area contributed by atoms with Crippen molar-refractivity contribution in [1.29, 1.82) is 0 Å². The molecule has 1 aliphatic rings. The summed E-state index contributed by atoms with van der Waals surface area (Å²) in [4.78, 5) is 29.0. The van der Waals surface area contributed by atoms with E-state index in [4.69, 9.17) is 0 Å². The molecule has 1 aliphatic heterocycles. The van der Waals surface area contributed by atoms with E-state index in [0.717, 1.165) is 31.9 Å². The van der Waals surface area contributed by atoms with Crippen molar-refractivity contribution >= 4 is 17.5 Å². The lowest BCUT2D eigenvalue weighted by molar-refractivity contribution is -1.01. The molecule has 0 unspecified atom stereocenters. The predicted octanol–water partition coefficient (Wildman–Crippen LogP) is -1.65. The van der Waals surface area contributed by atoms with Crippen LogP contribution < -0.4 is 20.0 Å². The number of carbonyl (C=O) groups excluding carboxylic acids is 2. The van der Waals surface area contributed by atoms with Crippen LogP contribution in [-0.4, -0.2) is 63.7 Å². The zero-order valence-corrected chi connectivity index (χ0v) is 15.8. The molecular weight excluding hydrogens is 316 g/mol. The molecule has 0 bridgehead atoms. The van der Waals surface area contributed by atoms with Gasteiger partial charge in [-0.25, -0.2) is 0 Å². The fraction of sp³-hybridized carbons (Fsp3) is 0.579. The van der Waals surface area contributed by atoms with Crippen LogP contribution in [0, 0.1) is 0 Å². The minimum absolute atomic E-state index is 0.0729. The van der Waals surface area contributed by atoms with E-state index < -0.39 is 0 Å². The van der Waals surface area contributed by atoms with Crippen LogP contribution >= 0.6 is 0 Å². The summed E-state index contributed by atoms with van der Waals surface area (Å²) >= 11 is 0. The summed E-state index contributed by atoms with van der Waals surface area (Å²) in [5, 5.41) is 2.95. The Morgan fingerprint density at radius 1 is 1.08 bits per heavy atom. The third-order valence-corrected chi connectivity index (χ3v) is 4.92. The molecule has 0 spiro atoms. The number of hydrogen-bond acceptors (Lipinski definition) is 2. The van der Waals surface area contributed by atoms with E-state index in [1.807, 2.05) is 58.2 Å². The highest BCUT2D eigenvalue weighted by Crippen LogP contribution is 2.11. The molecule has 2 amide bonds. The summed E-state index contributed by atoms with van der Waals surface area (Å²) in [6.45, 7) is 10.2. The van der Waals surface area contributed by atoms with Crippen LogP contribution in [0.4, 0.5) is 5.69 Å². The Bertz CT molecular complexity index is 568. The molecule has 25 heavy (non-hydrogen) atoms. The maximum Gasteiger partial charge on any atom is 0.284 e. The van der Waals surface area contributed by atoms with Crippen molar-refractivity contribution in [2.45, 2.75) is 32.9 Å². The molecule has 138 valence electrons. The Balaban J connectivity index is 1.83. The normalized spacial score (nSPS) is 21.6.